The molecular formula is C18H26N2O4. The van der Waals surface area contributed by atoms with Gasteiger partial charge in [0.05, 0.1) is 7.11 Å². The smallest absolute Gasteiger partial charge is 0.258 e. The average Bonchev–Trinajstić information content (AvgIpc) is 3.01. The molecule has 1 aliphatic heterocycles. The molecule has 1 saturated heterocycles. The first-order chi connectivity index (χ1) is 11.4. The normalized spacial score (nSPS) is 17.8. The molecule has 6 nitrogen and oxygen atoms in total. The van der Waals surface area contributed by atoms with Crippen LogP contribution in [0.15, 0.2) is 18.2 Å². The number of nitrogens with zero attached hydrogens (tertiary/aromatic N) is 1. The van der Waals surface area contributed by atoms with Crippen molar-refractivity contribution in [3.63, 3.8) is 0 Å². The number of hydrogen-bond acceptors (Lipinski definition) is 5. The third-order valence-electron chi connectivity index (χ3n) is 4.24. The zero-order valence-corrected chi connectivity index (χ0v) is 14.8. The van der Waals surface area contributed by atoms with E-state index in [0.29, 0.717) is 23.1 Å². The van der Waals surface area contributed by atoms with E-state index in [1.54, 1.807) is 18.2 Å². The number of ether oxygens (including phenoxy) is 2. The van der Waals surface area contributed by atoms with Crippen LogP contribution in [0.5, 0.6) is 11.5 Å². The minimum absolute atomic E-state index is 0.0477. The number of ketones is 1. The van der Waals surface area contributed by atoms with E-state index in [1.165, 1.54) is 14.0 Å². The van der Waals surface area contributed by atoms with Gasteiger partial charge in [-0.3, -0.25) is 14.5 Å². The monoisotopic (exact) mass is 334 g/mol. The number of likely N-dealkylation sites (tertiary alicyclic amines) is 1. The number of carbonyl (C=O) groups is 2. The van der Waals surface area contributed by atoms with Crippen LogP contribution in [0.3, 0.4) is 0 Å². The van der Waals surface area contributed by atoms with Crippen LogP contribution in [0.2, 0.25) is 0 Å². The Hall–Kier alpha value is -2.08. The fraction of sp³-hybridized carbons (Fsp3) is 0.556. The second-order valence-corrected chi connectivity index (χ2v) is 6.35. The van der Waals surface area contributed by atoms with Gasteiger partial charge in [-0.1, -0.05) is 0 Å². The summed E-state index contributed by atoms with van der Waals surface area (Å²) in [5.41, 5.74) is 0.545. The fourth-order valence-electron chi connectivity index (χ4n) is 2.79. The number of methoxy groups -OCH3 is 1. The Morgan fingerprint density at radius 2 is 2.08 bits per heavy atom. The highest BCUT2D eigenvalue weighted by Crippen LogP contribution is 2.28. The van der Waals surface area contributed by atoms with E-state index in [9.17, 15) is 9.59 Å². The lowest BCUT2D eigenvalue weighted by Crippen LogP contribution is -2.40. The number of hydrogen-bond donors (Lipinski definition) is 1. The first-order valence-corrected chi connectivity index (χ1v) is 8.26. The second-order valence-electron chi connectivity index (χ2n) is 6.35. The molecule has 1 amide bonds. The van der Waals surface area contributed by atoms with E-state index in [-0.39, 0.29) is 24.3 Å². The summed E-state index contributed by atoms with van der Waals surface area (Å²) in [5, 5.41) is 3.00. The quantitative estimate of drug-likeness (QED) is 0.771. The van der Waals surface area contributed by atoms with Gasteiger partial charge in [0.1, 0.15) is 0 Å². The average molecular weight is 334 g/mol. The van der Waals surface area contributed by atoms with Crippen molar-refractivity contribution in [2.45, 2.75) is 39.3 Å². The molecule has 1 unspecified atom stereocenters. The van der Waals surface area contributed by atoms with Gasteiger partial charge in [-0.2, -0.15) is 0 Å². The molecule has 0 saturated carbocycles. The van der Waals surface area contributed by atoms with E-state index < -0.39 is 0 Å². The van der Waals surface area contributed by atoms with Crippen LogP contribution in [0.1, 0.15) is 37.6 Å². The van der Waals surface area contributed by atoms with Gasteiger partial charge in [-0.25, -0.2) is 0 Å². The molecule has 0 aliphatic carbocycles. The van der Waals surface area contributed by atoms with E-state index in [0.717, 1.165) is 19.5 Å². The van der Waals surface area contributed by atoms with Crippen LogP contribution in [-0.2, 0) is 4.79 Å². The molecule has 6 heteroatoms. The summed E-state index contributed by atoms with van der Waals surface area (Å²) < 4.78 is 10.8. The summed E-state index contributed by atoms with van der Waals surface area (Å²) in [6.45, 7) is 7.61. The van der Waals surface area contributed by atoms with Crippen molar-refractivity contribution in [3.05, 3.63) is 23.8 Å². The predicted molar refractivity (Wildman–Crippen MR) is 91.8 cm³/mol. The van der Waals surface area contributed by atoms with E-state index in [4.69, 9.17) is 9.47 Å². The minimum Gasteiger partial charge on any atom is -0.493 e. The molecule has 1 aliphatic rings. The SMILES string of the molecule is COc1cc(C(C)=O)ccc1OCC(=O)NC1CCN(C(C)C)C1. The molecule has 1 N–H and O–H groups in total. The molecule has 24 heavy (non-hydrogen) atoms. The summed E-state index contributed by atoms with van der Waals surface area (Å²) in [7, 11) is 1.51. The number of carbonyl (C=O) groups excluding carboxylic acids is 2. The van der Waals surface area contributed by atoms with Crippen LogP contribution in [0, 0.1) is 0 Å². The molecule has 0 bridgehead atoms. The molecule has 1 fully saturated rings. The second kappa shape index (κ2) is 8.15. The molecule has 1 aromatic carbocycles. The largest absolute Gasteiger partial charge is 0.493 e. The Morgan fingerprint density at radius 1 is 1.33 bits per heavy atom. The number of nitrogens with one attached hydrogen (secondary N) is 1. The fourth-order valence-corrected chi connectivity index (χ4v) is 2.79. The number of rotatable bonds is 7. The van der Waals surface area contributed by atoms with Gasteiger partial charge < -0.3 is 14.8 Å². The van der Waals surface area contributed by atoms with Crippen LogP contribution in [0.4, 0.5) is 0 Å². The summed E-state index contributed by atoms with van der Waals surface area (Å²) in [6, 6.07) is 5.60. The molecule has 1 atom stereocenters. The molecule has 0 spiro atoms. The lowest BCUT2D eigenvalue weighted by atomic mass is 10.1. The van der Waals surface area contributed by atoms with E-state index in [2.05, 4.69) is 24.1 Å². The van der Waals surface area contributed by atoms with Crippen molar-refractivity contribution in [2.75, 3.05) is 26.8 Å². The van der Waals surface area contributed by atoms with Gasteiger partial charge in [-0.15, -0.1) is 0 Å². The highest BCUT2D eigenvalue weighted by Gasteiger charge is 2.25. The summed E-state index contributed by atoms with van der Waals surface area (Å²) in [5.74, 6) is 0.701. The number of benzene rings is 1. The lowest BCUT2D eigenvalue weighted by molar-refractivity contribution is -0.123. The molecule has 0 aromatic heterocycles. The van der Waals surface area contributed by atoms with E-state index in [1.807, 2.05) is 0 Å². The Bertz CT molecular complexity index is 601. The maximum Gasteiger partial charge on any atom is 0.258 e. The van der Waals surface area contributed by atoms with Crippen molar-refractivity contribution in [1.82, 2.24) is 10.2 Å². The van der Waals surface area contributed by atoms with Gasteiger partial charge in [0.2, 0.25) is 0 Å². The van der Waals surface area contributed by atoms with Crippen LogP contribution < -0.4 is 14.8 Å². The van der Waals surface area contributed by atoms with Crippen LogP contribution >= 0.6 is 0 Å². The topological polar surface area (TPSA) is 67.9 Å². The Balaban J connectivity index is 1.87. The maximum absolute atomic E-state index is 12.1. The van der Waals surface area contributed by atoms with Gasteiger partial charge in [0.25, 0.3) is 5.91 Å². The van der Waals surface area contributed by atoms with Crippen molar-refractivity contribution >= 4 is 11.7 Å². The molecule has 2 rings (SSSR count). The third-order valence-corrected chi connectivity index (χ3v) is 4.24. The van der Waals surface area contributed by atoms with Crippen molar-refractivity contribution in [1.29, 1.82) is 0 Å². The first-order valence-electron chi connectivity index (χ1n) is 8.26. The van der Waals surface area contributed by atoms with Crippen LogP contribution in [0.25, 0.3) is 0 Å². The summed E-state index contributed by atoms with van der Waals surface area (Å²) >= 11 is 0. The zero-order valence-electron chi connectivity index (χ0n) is 14.8. The molecule has 0 radical (unpaired) electrons. The Kier molecular flexibility index (Phi) is 6.20. The predicted octanol–water partition coefficient (Wildman–Crippen LogP) is 1.88. The zero-order chi connectivity index (χ0) is 17.7. The van der Waals surface area contributed by atoms with Gasteiger partial charge >= 0.3 is 0 Å². The molecule has 1 heterocycles. The molecule has 1 aromatic rings. The lowest BCUT2D eigenvalue weighted by Gasteiger charge is -2.20. The highest BCUT2D eigenvalue weighted by atomic mass is 16.5. The Labute approximate surface area is 143 Å². The van der Waals surface area contributed by atoms with E-state index >= 15 is 0 Å². The molecular weight excluding hydrogens is 308 g/mol. The minimum atomic E-state index is -0.150. The standard InChI is InChI=1S/C18H26N2O4/c1-12(2)20-8-7-15(10-20)19-18(22)11-24-16-6-5-14(13(3)21)9-17(16)23-4/h5-6,9,12,15H,7-8,10-11H2,1-4H3,(H,19,22). The third kappa shape index (κ3) is 4.71. The summed E-state index contributed by atoms with van der Waals surface area (Å²) in [4.78, 5) is 25.8. The maximum atomic E-state index is 12.1. The van der Waals surface area contributed by atoms with Crippen molar-refractivity contribution < 1.29 is 19.1 Å². The van der Waals surface area contributed by atoms with Gasteiger partial charge in [0.15, 0.2) is 23.9 Å². The molecule has 132 valence electrons. The van der Waals surface area contributed by atoms with Gasteiger partial charge in [0, 0.05) is 30.7 Å². The van der Waals surface area contributed by atoms with Crippen molar-refractivity contribution in [3.8, 4) is 11.5 Å². The van der Waals surface area contributed by atoms with Gasteiger partial charge in [-0.05, 0) is 45.4 Å². The first kappa shape index (κ1) is 18.3. The van der Waals surface area contributed by atoms with Crippen LogP contribution in [-0.4, -0.2) is 55.5 Å². The summed E-state index contributed by atoms with van der Waals surface area (Å²) in [6.07, 6.45) is 0.959. The van der Waals surface area contributed by atoms with Crippen molar-refractivity contribution in [2.24, 2.45) is 0 Å². The number of amides is 1. The number of Topliss-reactive ketones (excluding diaryl/α,β-unsaturated/α-hetero) is 1. The highest BCUT2D eigenvalue weighted by molar-refractivity contribution is 5.94. The Morgan fingerprint density at radius 3 is 2.67 bits per heavy atom.